The monoisotopic (exact) mass is 416 g/mol. The summed E-state index contributed by atoms with van der Waals surface area (Å²) < 4.78 is 3.53. The van der Waals surface area contributed by atoms with Gasteiger partial charge in [0.2, 0.25) is 5.91 Å². The van der Waals surface area contributed by atoms with Crippen molar-refractivity contribution < 1.29 is 9.72 Å². The van der Waals surface area contributed by atoms with Gasteiger partial charge in [-0.2, -0.15) is 11.8 Å². The second-order valence-corrected chi connectivity index (χ2v) is 8.77. The Kier molecular flexibility index (Phi) is 5.49. The molecule has 29 heavy (non-hydrogen) atoms. The third-order valence-corrected chi connectivity index (χ3v) is 6.60. The van der Waals surface area contributed by atoms with E-state index in [1.54, 1.807) is 22.4 Å². The third-order valence-electron chi connectivity index (χ3n) is 5.96. The first-order chi connectivity index (χ1) is 14.0. The van der Waals surface area contributed by atoms with E-state index >= 15 is 0 Å². The largest absolute Gasteiger partial charge is 0.342 e. The first-order valence-electron chi connectivity index (χ1n) is 9.78. The molecule has 0 saturated carbocycles. The van der Waals surface area contributed by atoms with Gasteiger partial charge in [0.05, 0.1) is 4.92 Å². The SMILES string of the molecule is CSCC[C@@H](C(=O)N1CC2CC(C1)c1ccc([N+](=O)[O-])c(=O)n1C2)n1cccc1. The molecule has 154 valence electrons. The van der Waals surface area contributed by atoms with Gasteiger partial charge in [0, 0.05) is 49.7 Å². The molecular weight excluding hydrogens is 392 g/mol. The summed E-state index contributed by atoms with van der Waals surface area (Å²) in [5.41, 5.74) is -0.116. The zero-order valence-electron chi connectivity index (χ0n) is 16.3. The molecule has 4 rings (SSSR count). The van der Waals surface area contributed by atoms with Crippen molar-refractivity contribution >= 4 is 23.4 Å². The Balaban J connectivity index is 1.59. The normalized spacial score (nSPS) is 21.5. The van der Waals surface area contributed by atoms with Crippen molar-refractivity contribution in [2.24, 2.45) is 5.92 Å². The highest BCUT2D eigenvalue weighted by atomic mass is 32.2. The number of pyridine rings is 1. The van der Waals surface area contributed by atoms with Crippen molar-refractivity contribution in [3.8, 4) is 0 Å². The maximum Gasteiger partial charge on any atom is 0.334 e. The molecule has 1 fully saturated rings. The Morgan fingerprint density at radius 3 is 2.72 bits per heavy atom. The van der Waals surface area contributed by atoms with Gasteiger partial charge in [-0.25, -0.2) is 0 Å². The minimum atomic E-state index is -0.622. The molecule has 2 aliphatic rings. The van der Waals surface area contributed by atoms with E-state index in [4.69, 9.17) is 0 Å². The molecule has 1 saturated heterocycles. The van der Waals surface area contributed by atoms with Crippen molar-refractivity contribution in [1.29, 1.82) is 0 Å². The van der Waals surface area contributed by atoms with Crippen LogP contribution in [0.4, 0.5) is 5.69 Å². The number of carbonyl (C=O) groups excluding carboxylic acids is 1. The zero-order chi connectivity index (χ0) is 20.5. The number of piperidine rings is 1. The Labute approximate surface area is 172 Å². The molecule has 3 atom stereocenters. The minimum absolute atomic E-state index is 0.0332. The van der Waals surface area contributed by atoms with E-state index in [-0.39, 0.29) is 29.5 Å². The fourth-order valence-electron chi connectivity index (χ4n) is 4.65. The number of hydrogen-bond donors (Lipinski definition) is 0. The van der Waals surface area contributed by atoms with E-state index in [9.17, 15) is 19.7 Å². The van der Waals surface area contributed by atoms with E-state index in [2.05, 4.69) is 0 Å². The number of fused-ring (bicyclic) bond motifs is 4. The van der Waals surface area contributed by atoms with Crippen LogP contribution in [0.1, 0.15) is 30.5 Å². The number of rotatable bonds is 6. The van der Waals surface area contributed by atoms with Crippen molar-refractivity contribution in [3.63, 3.8) is 0 Å². The average molecular weight is 417 g/mol. The highest BCUT2D eigenvalue weighted by molar-refractivity contribution is 7.98. The van der Waals surface area contributed by atoms with Crippen molar-refractivity contribution in [3.05, 3.63) is 62.8 Å². The van der Waals surface area contributed by atoms with Crippen LogP contribution in [-0.4, -0.2) is 50.0 Å². The summed E-state index contributed by atoms with van der Waals surface area (Å²) in [5, 5.41) is 11.1. The lowest BCUT2D eigenvalue weighted by Gasteiger charge is -2.43. The quantitative estimate of drug-likeness (QED) is 0.533. The molecule has 2 aliphatic heterocycles. The number of thioether (sulfide) groups is 1. The first kappa shape index (κ1) is 19.8. The van der Waals surface area contributed by atoms with Crippen LogP contribution in [0, 0.1) is 16.0 Å². The van der Waals surface area contributed by atoms with Gasteiger partial charge in [-0.3, -0.25) is 19.7 Å². The van der Waals surface area contributed by atoms with Gasteiger partial charge in [-0.05, 0) is 49.0 Å². The highest BCUT2D eigenvalue weighted by Gasteiger charge is 2.39. The predicted molar refractivity (Wildman–Crippen MR) is 111 cm³/mol. The predicted octanol–water partition coefficient (Wildman–Crippen LogP) is 2.50. The van der Waals surface area contributed by atoms with Gasteiger partial charge < -0.3 is 14.0 Å². The van der Waals surface area contributed by atoms with Crippen molar-refractivity contribution in [2.45, 2.75) is 31.3 Å². The van der Waals surface area contributed by atoms with E-state index in [0.717, 1.165) is 24.3 Å². The molecule has 0 aromatic carbocycles. The first-order valence-corrected chi connectivity index (χ1v) is 11.2. The molecule has 2 aromatic heterocycles. The number of hydrogen-bond acceptors (Lipinski definition) is 5. The van der Waals surface area contributed by atoms with Gasteiger partial charge >= 0.3 is 11.2 Å². The van der Waals surface area contributed by atoms with Gasteiger partial charge in [-0.1, -0.05) is 0 Å². The third kappa shape index (κ3) is 3.71. The summed E-state index contributed by atoms with van der Waals surface area (Å²) in [4.78, 5) is 38.3. The number of carbonyl (C=O) groups is 1. The van der Waals surface area contributed by atoms with Crippen molar-refractivity contribution in [1.82, 2.24) is 14.0 Å². The number of nitro groups is 1. The van der Waals surface area contributed by atoms with E-state index in [1.165, 1.54) is 6.07 Å². The van der Waals surface area contributed by atoms with Crippen LogP contribution in [0.25, 0.3) is 0 Å². The lowest BCUT2D eigenvalue weighted by molar-refractivity contribution is -0.386. The van der Waals surface area contributed by atoms with E-state index in [1.807, 2.05) is 40.2 Å². The number of amides is 1. The highest BCUT2D eigenvalue weighted by Crippen LogP contribution is 2.36. The van der Waals surface area contributed by atoms with Gasteiger partial charge in [0.1, 0.15) is 6.04 Å². The molecule has 8 nitrogen and oxygen atoms in total. The molecular formula is C20H24N4O4S. The molecule has 0 aliphatic carbocycles. The Bertz CT molecular complexity index is 971. The summed E-state index contributed by atoms with van der Waals surface area (Å²) in [6.07, 6.45) is 7.57. The van der Waals surface area contributed by atoms with Crippen molar-refractivity contribution in [2.75, 3.05) is 25.1 Å². The Morgan fingerprint density at radius 1 is 1.28 bits per heavy atom. The van der Waals surface area contributed by atoms with Crippen LogP contribution in [0.5, 0.6) is 0 Å². The van der Waals surface area contributed by atoms with Gasteiger partial charge in [0.15, 0.2) is 0 Å². The van der Waals surface area contributed by atoms with Gasteiger partial charge in [0.25, 0.3) is 0 Å². The summed E-state index contributed by atoms with van der Waals surface area (Å²) in [6, 6.07) is 6.62. The van der Waals surface area contributed by atoms with Crippen LogP contribution in [0.2, 0.25) is 0 Å². The molecule has 2 aromatic rings. The molecule has 2 bridgehead atoms. The summed E-state index contributed by atoms with van der Waals surface area (Å²) in [6.45, 7) is 1.56. The molecule has 4 heterocycles. The molecule has 9 heteroatoms. The van der Waals surface area contributed by atoms with Crippen LogP contribution >= 0.6 is 11.8 Å². The van der Waals surface area contributed by atoms with Crippen LogP contribution in [0.15, 0.2) is 41.5 Å². The molecule has 2 unspecified atom stereocenters. The second kappa shape index (κ2) is 8.06. The molecule has 0 N–H and O–H groups in total. The van der Waals surface area contributed by atoms with Crippen LogP contribution < -0.4 is 5.56 Å². The number of likely N-dealkylation sites (tertiary alicyclic amines) is 1. The smallest absolute Gasteiger partial charge is 0.334 e. The van der Waals surface area contributed by atoms with E-state index in [0.29, 0.717) is 19.6 Å². The Morgan fingerprint density at radius 2 is 2.03 bits per heavy atom. The standard InChI is InChI=1S/C20H24N4O4S/c1-29-9-6-17(21-7-2-3-8-21)19(25)22-11-14-10-15(13-22)16-4-5-18(24(27)28)20(26)23(16)12-14/h2-5,7-8,14-15,17H,6,9-13H2,1H3/t14?,15?,17-/m0/s1. The fourth-order valence-corrected chi connectivity index (χ4v) is 5.11. The van der Waals surface area contributed by atoms with Crippen LogP contribution in [0.3, 0.4) is 0 Å². The van der Waals surface area contributed by atoms with Crippen LogP contribution in [-0.2, 0) is 11.3 Å². The summed E-state index contributed by atoms with van der Waals surface area (Å²) in [5.74, 6) is 1.18. The molecule has 0 radical (unpaired) electrons. The minimum Gasteiger partial charge on any atom is -0.342 e. The zero-order valence-corrected chi connectivity index (χ0v) is 17.1. The summed E-state index contributed by atoms with van der Waals surface area (Å²) in [7, 11) is 0. The lowest BCUT2D eigenvalue weighted by Crippen LogP contribution is -2.51. The van der Waals surface area contributed by atoms with Gasteiger partial charge in [-0.15, -0.1) is 0 Å². The fraction of sp³-hybridized carbons (Fsp3) is 0.500. The average Bonchev–Trinajstić information content (AvgIpc) is 3.23. The number of nitrogens with zero attached hydrogens (tertiary/aromatic N) is 4. The lowest BCUT2D eigenvalue weighted by atomic mass is 9.82. The maximum atomic E-state index is 13.4. The maximum absolute atomic E-state index is 13.4. The molecule has 0 spiro atoms. The summed E-state index contributed by atoms with van der Waals surface area (Å²) >= 11 is 1.73. The Hall–Kier alpha value is -2.55. The molecule has 1 amide bonds. The number of aromatic nitrogens is 2. The second-order valence-electron chi connectivity index (χ2n) is 7.79. The topological polar surface area (TPSA) is 90.4 Å². The van der Waals surface area contributed by atoms with E-state index < -0.39 is 10.5 Å².